The Labute approximate surface area is 163 Å². The van der Waals surface area contributed by atoms with E-state index in [9.17, 15) is 10.1 Å². The van der Waals surface area contributed by atoms with Gasteiger partial charge in [-0.1, -0.05) is 12.1 Å². The van der Waals surface area contributed by atoms with E-state index in [0.29, 0.717) is 23.5 Å². The van der Waals surface area contributed by atoms with Crippen molar-refractivity contribution >= 4 is 5.97 Å². The minimum Gasteiger partial charge on any atom is -0.468 e. The van der Waals surface area contributed by atoms with Crippen LogP contribution < -0.4 is 4.74 Å². The molecule has 0 aliphatic rings. The Kier molecular flexibility index (Phi) is 6.10. The maximum Gasteiger partial charge on any atom is 0.338 e. The summed E-state index contributed by atoms with van der Waals surface area (Å²) in [6.07, 6.45) is 3.66. The Morgan fingerprint density at radius 1 is 1.07 bits per heavy atom. The second-order valence-corrected chi connectivity index (χ2v) is 5.95. The van der Waals surface area contributed by atoms with Gasteiger partial charge >= 0.3 is 5.97 Å². The highest BCUT2D eigenvalue weighted by Gasteiger charge is 2.11. The van der Waals surface area contributed by atoms with E-state index < -0.39 is 0 Å². The largest absolute Gasteiger partial charge is 0.468 e. The molecular formula is C22H20N2O4. The van der Waals surface area contributed by atoms with Gasteiger partial charge in [0.15, 0.2) is 6.79 Å². The summed E-state index contributed by atoms with van der Waals surface area (Å²) in [6.45, 7) is 2.29. The van der Waals surface area contributed by atoms with E-state index in [-0.39, 0.29) is 12.8 Å². The van der Waals surface area contributed by atoms with Gasteiger partial charge in [0.1, 0.15) is 11.8 Å². The molecule has 0 atom stereocenters. The number of nitrogens with zero attached hydrogens (tertiary/aromatic N) is 2. The topological polar surface area (TPSA) is 73.5 Å². The Bertz CT molecular complexity index is 983. The molecule has 6 heteroatoms. The SMILES string of the molecule is CCOC(=O)c1ccc(-n2cc(C#N)c(-c3ccc(OCOC)cc3)c2)cc1. The van der Waals surface area contributed by atoms with Gasteiger partial charge in [0.05, 0.1) is 17.7 Å². The zero-order valence-corrected chi connectivity index (χ0v) is 15.7. The Hall–Kier alpha value is -3.56. The number of aromatic nitrogens is 1. The first-order chi connectivity index (χ1) is 13.7. The summed E-state index contributed by atoms with van der Waals surface area (Å²) in [5.41, 5.74) is 3.61. The lowest BCUT2D eigenvalue weighted by atomic mass is 10.1. The van der Waals surface area contributed by atoms with Gasteiger partial charge in [0.2, 0.25) is 0 Å². The van der Waals surface area contributed by atoms with E-state index in [4.69, 9.17) is 14.2 Å². The quantitative estimate of drug-likeness (QED) is 0.457. The molecule has 0 unspecified atom stereocenters. The minimum atomic E-state index is -0.351. The van der Waals surface area contributed by atoms with Gasteiger partial charge in [-0.2, -0.15) is 5.26 Å². The molecule has 0 saturated carbocycles. The van der Waals surface area contributed by atoms with Gasteiger partial charge in [0.25, 0.3) is 0 Å². The van der Waals surface area contributed by atoms with Gasteiger partial charge in [-0.05, 0) is 48.9 Å². The van der Waals surface area contributed by atoms with Gasteiger partial charge in [-0.3, -0.25) is 0 Å². The number of benzene rings is 2. The molecule has 6 nitrogen and oxygen atoms in total. The van der Waals surface area contributed by atoms with Crippen LogP contribution in [0, 0.1) is 11.3 Å². The number of ether oxygens (including phenoxy) is 3. The highest BCUT2D eigenvalue weighted by Crippen LogP contribution is 2.28. The zero-order chi connectivity index (χ0) is 19.9. The van der Waals surface area contributed by atoms with Crippen LogP contribution in [0.3, 0.4) is 0 Å². The number of nitriles is 1. The van der Waals surface area contributed by atoms with Crippen molar-refractivity contribution in [1.29, 1.82) is 5.26 Å². The molecule has 0 aliphatic heterocycles. The summed E-state index contributed by atoms with van der Waals surface area (Å²) < 4.78 is 17.1. The molecular weight excluding hydrogens is 356 g/mol. The molecule has 0 radical (unpaired) electrons. The number of hydrogen-bond donors (Lipinski definition) is 0. The molecule has 0 N–H and O–H groups in total. The van der Waals surface area contributed by atoms with Crippen molar-refractivity contribution in [2.45, 2.75) is 6.92 Å². The summed E-state index contributed by atoms with van der Waals surface area (Å²) in [5, 5.41) is 9.52. The van der Waals surface area contributed by atoms with Crippen LogP contribution in [0.1, 0.15) is 22.8 Å². The highest BCUT2D eigenvalue weighted by atomic mass is 16.7. The third-order valence-electron chi connectivity index (χ3n) is 4.13. The first-order valence-electron chi connectivity index (χ1n) is 8.78. The Morgan fingerprint density at radius 3 is 2.39 bits per heavy atom. The van der Waals surface area contributed by atoms with Crippen LogP contribution in [0.25, 0.3) is 16.8 Å². The molecule has 0 spiro atoms. The van der Waals surface area contributed by atoms with Crippen molar-refractivity contribution in [2.24, 2.45) is 0 Å². The lowest BCUT2D eigenvalue weighted by molar-refractivity contribution is 0.0510. The second kappa shape index (κ2) is 8.89. The van der Waals surface area contributed by atoms with E-state index in [1.54, 1.807) is 32.4 Å². The number of carbonyl (C=O) groups is 1. The smallest absolute Gasteiger partial charge is 0.338 e. The van der Waals surface area contributed by atoms with Crippen LogP contribution in [0.4, 0.5) is 0 Å². The van der Waals surface area contributed by atoms with Crippen LogP contribution in [-0.2, 0) is 9.47 Å². The molecule has 0 amide bonds. The predicted octanol–water partition coefficient (Wildman–Crippen LogP) is 4.18. The maximum absolute atomic E-state index is 11.8. The molecule has 3 aromatic rings. The van der Waals surface area contributed by atoms with Crippen LogP contribution in [0.5, 0.6) is 5.75 Å². The fourth-order valence-electron chi connectivity index (χ4n) is 2.76. The van der Waals surface area contributed by atoms with Crippen molar-refractivity contribution in [2.75, 3.05) is 20.5 Å². The molecule has 1 heterocycles. The third-order valence-corrected chi connectivity index (χ3v) is 4.13. The van der Waals surface area contributed by atoms with E-state index >= 15 is 0 Å². The zero-order valence-electron chi connectivity index (χ0n) is 15.7. The molecule has 1 aromatic heterocycles. The first-order valence-corrected chi connectivity index (χ1v) is 8.78. The molecule has 0 aliphatic carbocycles. The van der Waals surface area contributed by atoms with E-state index in [2.05, 4.69) is 6.07 Å². The number of rotatable bonds is 7. The van der Waals surface area contributed by atoms with E-state index in [1.165, 1.54) is 0 Å². The fraction of sp³-hybridized carbons (Fsp3) is 0.182. The average molecular weight is 376 g/mol. The summed E-state index contributed by atoms with van der Waals surface area (Å²) in [5.74, 6) is 0.342. The second-order valence-electron chi connectivity index (χ2n) is 5.95. The number of carbonyl (C=O) groups excluding carboxylic acids is 1. The fourth-order valence-corrected chi connectivity index (χ4v) is 2.76. The molecule has 142 valence electrons. The summed E-state index contributed by atoms with van der Waals surface area (Å²) >= 11 is 0. The predicted molar refractivity (Wildman–Crippen MR) is 104 cm³/mol. The van der Waals surface area contributed by atoms with E-state index in [0.717, 1.165) is 16.8 Å². The normalized spacial score (nSPS) is 10.3. The van der Waals surface area contributed by atoms with Crippen molar-refractivity contribution < 1.29 is 19.0 Å². The van der Waals surface area contributed by atoms with Crippen LogP contribution in [0.15, 0.2) is 60.9 Å². The van der Waals surface area contributed by atoms with Crippen molar-refractivity contribution in [3.8, 4) is 28.6 Å². The molecule has 2 aromatic carbocycles. The molecule has 3 rings (SSSR count). The Balaban J connectivity index is 1.86. The van der Waals surface area contributed by atoms with Gasteiger partial charge < -0.3 is 18.8 Å². The maximum atomic E-state index is 11.8. The van der Waals surface area contributed by atoms with Crippen molar-refractivity contribution in [3.63, 3.8) is 0 Å². The highest BCUT2D eigenvalue weighted by molar-refractivity contribution is 5.89. The Morgan fingerprint density at radius 2 is 1.79 bits per heavy atom. The van der Waals surface area contributed by atoms with Crippen LogP contribution in [0.2, 0.25) is 0 Å². The minimum absolute atomic E-state index is 0.182. The van der Waals surface area contributed by atoms with Crippen molar-refractivity contribution in [3.05, 3.63) is 72.1 Å². The lowest BCUT2D eigenvalue weighted by Crippen LogP contribution is -2.04. The summed E-state index contributed by atoms with van der Waals surface area (Å²) in [4.78, 5) is 11.8. The third kappa shape index (κ3) is 4.22. The van der Waals surface area contributed by atoms with Crippen LogP contribution in [-0.4, -0.2) is 31.0 Å². The van der Waals surface area contributed by atoms with Gasteiger partial charge in [-0.25, -0.2) is 4.79 Å². The average Bonchev–Trinajstić information content (AvgIpc) is 3.17. The molecule has 0 saturated heterocycles. The van der Waals surface area contributed by atoms with Crippen molar-refractivity contribution in [1.82, 2.24) is 4.57 Å². The van der Waals surface area contributed by atoms with E-state index in [1.807, 2.05) is 47.2 Å². The lowest BCUT2D eigenvalue weighted by Gasteiger charge is -2.06. The number of methoxy groups -OCH3 is 1. The van der Waals surface area contributed by atoms with Gasteiger partial charge in [-0.15, -0.1) is 0 Å². The molecule has 0 fully saturated rings. The number of hydrogen-bond acceptors (Lipinski definition) is 5. The summed E-state index contributed by atoms with van der Waals surface area (Å²) in [7, 11) is 1.57. The standard InChI is InChI=1S/C22H20N2O4/c1-3-27-22(25)17-4-8-19(9-5-17)24-13-18(12-23)21(14-24)16-6-10-20(11-7-16)28-15-26-2/h4-11,13-14H,3,15H2,1-2H3. The van der Waals surface area contributed by atoms with Crippen LogP contribution >= 0.6 is 0 Å². The monoisotopic (exact) mass is 376 g/mol. The molecule has 0 bridgehead atoms. The van der Waals surface area contributed by atoms with Gasteiger partial charge in [0, 0.05) is 30.8 Å². The first kappa shape index (κ1) is 19.2. The number of esters is 1. The summed E-state index contributed by atoms with van der Waals surface area (Å²) in [6, 6.07) is 16.8. The molecule has 28 heavy (non-hydrogen) atoms.